The molecule has 0 fully saturated rings. The summed E-state index contributed by atoms with van der Waals surface area (Å²) < 4.78 is 39.4. The lowest BCUT2D eigenvalue weighted by Gasteiger charge is -2.20. The largest absolute Gasteiger partial charge is 0.506 e. The zero-order valence-corrected chi connectivity index (χ0v) is 17.7. The molecule has 0 spiro atoms. The number of nitrogens with zero attached hydrogens (tertiary/aromatic N) is 2. The van der Waals surface area contributed by atoms with E-state index in [2.05, 4.69) is 21.8 Å². The van der Waals surface area contributed by atoms with Crippen molar-refractivity contribution in [3.63, 3.8) is 0 Å². The molecule has 0 aliphatic rings. The first-order chi connectivity index (χ1) is 14.8. The van der Waals surface area contributed by atoms with Gasteiger partial charge >= 0.3 is 6.18 Å². The number of aromatic hydroxyl groups is 1. The summed E-state index contributed by atoms with van der Waals surface area (Å²) in [7, 11) is 0. The average Bonchev–Trinajstić information content (AvgIpc) is 2.71. The maximum absolute atomic E-state index is 13.1. The Morgan fingerprint density at radius 1 is 1.13 bits per heavy atom. The van der Waals surface area contributed by atoms with Crippen LogP contribution in [0.4, 0.5) is 13.2 Å². The van der Waals surface area contributed by atoms with Crippen molar-refractivity contribution < 1.29 is 23.4 Å². The number of alkyl halides is 3. The first kappa shape index (κ1) is 24.9. The summed E-state index contributed by atoms with van der Waals surface area (Å²) in [5.41, 5.74) is -2.40. The third-order valence-electron chi connectivity index (χ3n) is 5.05. The lowest BCUT2D eigenvalue weighted by atomic mass is 10.1. The van der Waals surface area contributed by atoms with Gasteiger partial charge < -0.3 is 20.1 Å². The summed E-state index contributed by atoms with van der Waals surface area (Å²) in [6.07, 6.45) is 1.42. The number of hydrogen-bond acceptors (Lipinski definition) is 5. The van der Waals surface area contributed by atoms with Crippen molar-refractivity contribution in [1.29, 1.82) is 0 Å². The number of unbranched alkanes of at least 4 members (excludes halogenated alkanes) is 3. The van der Waals surface area contributed by atoms with E-state index < -0.39 is 28.6 Å². The van der Waals surface area contributed by atoms with Crippen LogP contribution in [-0.4, -0.2) is 59.1 Å². The number of nitrogens with one attached hydrogen (secondary N) is 1. The second-order valence-electron chi connectivity index (χ2n) is 7.46. The molecule has 0 atom stereocenters. The van der Waals surface area contributed by atoms with Crippen molar-refractivity contribution in [3.05, 3.63) is 39.7 Å². The van der Waals surface area contributed by atoms with Crippen LogP contribution in [0.25, 0.3) is 10.9 Å². The fourth-order valence-electron chi connectivity index (χ4n) is 3.51. The minimum atomic E-state index is -4.64. The molecule has 0 aliphatic carbocycles. The highest BCUT2D eigenvalue weighted by Crippen LogP contribution is 2.36. The molecule has 0 aliphatic heterocycles. The summed E-state index contributed by atoms with van der Waals surface area (Å²) in [4.78, 5) is 20.8. The molecule has 0 radical (unpaired) electrons. The van der Waals surface area contributed by atoms with Crippen LogP contribution in [0, 0.1) is 0 Å². The van der Waals surface area contributed by atoms with Crippen molar-refractivity contribution in [2.75, 3.05) is 32.8 Å². The molecule has 0 amide bonds. The van der Waals surface area contributed by atoms with E-state index in [1.165, 1.54) is 18.3 Å². The number of aliphatic hydroxyl groups is 1. The van der Waals surface area contributed by atoms with E-state index in [1.54, 1.807) is 0 Å². The summed E-state index contributed by atoms with van der Waals surface area (Å²) >= 11 is 0. The second-order valence-corrected chi connectivity index (χ2v) is 7.46. The highest BCUT2D eigenvalue weighted by molar-refractivity contribution is 5.96. The first-order valence-electron chi connectivity index (χ1n) is 10.6. The molecule has 9 heteroatoms. The Morgan fingerprint density at radius 2 is 1.87 bits per heavy atom. The molecule has 0 bridgehead atoms. The number of rotatable bonds is 12. The number of para-hydroxylation sites is 1. The van der Waals surface area contributed by atoms with Crippen molar-refractivity contribution in [1.82, 2.24) is 9.88 Å². The summed E-state index contributed by atoms with van der Waals surface area (Å²) in [5.74, 6) is -0.506. The highest BCUT2D eigenvalue weighted by atomic mass is 19.4. The number of aromatic nitrogens is 1. The molecule has 6 nitrogen and oxygen atoms in total. The van der Waals surface area contributed by atoms with E-state index in [0.717, 1.165) is 51.3 Å². The number of aliphatic hydroxyl groups excluding tert-OH is 1. The lowest BCUT2D eigenvalue weighted by Crippen LogP contribution is -2.28. The molecule has 0 saturated carbocycles. The van der Waals surface area contributed by atoms with Gasteiger partial charge in [0.05, 0.1) is 23.3 Å². The third kappa shape index (κ3) is 7.07. The van der Waals surface area contributed by atoms with Crippen LogP contribution in [0.2, 0.25) is 0 Å². The Kier molecular flexibility index (Phi) is 9.51. The summed E-state index contributed by atoms with van der Waals surface area (Å²) in [6.45, 7) is 5.32. The van der Waals surface area contributed by atoms with Gasteiger partial charge in [-0.05, 0) is 44.5 Å². The number of fused-ring (bicyclic) bond motifs is 1. The van der Waals surface area contributed by atoms with Gasteiger partial charge in [0.2, 0.25) is 0 Å². The Labute approximate surface area is 179 Å². The van der Waals surface area contributed by atoms with E-state index in [4.69, 9.17) is 5.11 Å². The Balaban J connectivity index is 1.92. The number of benzene rings is 1. The standard InChI is InChI=1S/C22H30F3N3O3/c1-2-11-28(13-14-29)12-6-4-3-5-10-26-15-17-20(30)16-8-7-9-18(22(23,24)25)19(16)27-21(17)31/h7-9,15,29H,2-6,10-14H2,1H3,(H2,27,30,31). The third-order valence-corrected chi connectivity index (χ3v) is 5.05. The normalized spacial score (nSPS) is 12.5. The van der Waals surface area contributed by atoms with Crippen LogP contribution in [0.15, 0.2) is 28.0 Å². The van der Waals surface area contributed by atoms with Crippen LogP contribution < -0.4 is 5.56 Å². The monoisotopic (exact) mass is 441 g/mol. The Bertz CT molecular complexity index is 920. The molecule has 0 unspecified atom stereocenters. The quantitative estimate of drug-likeness (QED) is 0.344. The van der Waals surface area contributed by atoms with E-state index in [-0.39, 0.29) is 17.6 Å². The van der Waals surface area contributed by atoms with Crippen molar-refractivity contribution in [2.45, 2.75) is 45.2 Å². The van der Waals surface area contributed by atoms with Gasteiger partial charge in [-0.1, -0.05) is 25.8 Å². The Hall–Kier alpha value is -2.39. The molecule has 172 valence electrons. The smallest absolute Gasteiger partial charge is 0.418 e. The predicted octanol–water partition coefficient (Wildman–Crippen LogP) is 3.94. The SMILES string of the molecule is CCCN(CCO)CCCCCCN=Cc1c(O)c2cccc(C(F)(F)F)c2[nH]c1=O. The molecule has 0 saturated heterocycles. The van der Waals surface area contributed by atoms with Crippen LogP contribution >= 0.6 is 0 Å². The maximum Gasteiger partial charge on any atom is 0.418 e. The van der Waals surface area contributed by atoms with Gasteiger partial charge in [-0.2, -0.15) is 13.2 Å². The number of halogens is 3. The minimum absolute atomic E-state index is 0.0737. The minimum Gasteiger partial charge on any atom is -0.506 e. The average molecular weight is 441 g/mol. The lowest BCUT2D eigenvalue weighted by molar-refractivity contribution is -0.136. The molecule has 1 aromatic carbocycles. The number of H-pyrrole nitrogens is 1. The maximum atomic E-state index is 13.1. The topological polar surface area (TPSA) is 88.9 Å². The molecule has 2 aromatic rings. The van der Waals surface area contributed by atoms with Crippen molar-refractivity contribution in [2.24, 2.45) is 4.99 Å². The van der Waals surface area contributed by atoms with Crippen molar-refractivity contribution >= 4 is 17.1 Å². The molecule has 1 heterocycles. The van der Waals surface area contributed by atoms with E-state index >= 15 is 0 Å². The molecule has 31 heavy (non-hydrogen) atoms. The molecule has 2 rings (SSSR count). The second kappa shape index (κ2) is 11.9. The van der Waals surface area contributed by atoms with Crippen LogP contribution in [0.1, 0.15) is 50.2 Å². The van der Waals surface area contributed by atoms with Gasteiger partial charge in [-0.15, -0.1) is 0 Å². The van der Waals surface area contributed by atoms with Crippen LogP contribution in [0.5, 0.6) is 5.75 Å². The van der Waals surface area contributed by atoms with Gasteiger partial charge in [0.25, 0.3) is 5.56 Å². The number of pyridine rings is 1. The molecular weight excluding hydrogens is 411 g/mol. The Morgan fingerprint density at radius 3 is 2.55 bits per heavy atom. The van der Waals surface area contributed by atoms with E-state index in [9.17, 15) is 23.1 Å². The van der Waals surface area contributed by atoms with Crippen molar-refractivity contribution in [3.8, 4) is 5.75 Å². The number of aromatic amines is 1. The zero-order chi connectivity index (χ0) is 22.9. The first-order valence-corrected chi connectivity index (χ1v) is 10.6. The molecule has 1 aromatic heterocycles. The van der Waals surface area contributed by atoms with Gasteiger partial charge in [-0.25, -0.2) is 0 Å². The van der Waals surface area contributed by atoms with Gasteiger partial charge in [0.15, 0.2) is 0 Å². The molecular formula is C22H30F3N3O3. The summed E-state index contributed by atoms with van der Waals surface area (Å²) in [5, 5.41) is 19.3. The predicted molar refractivity (Wildman–Crippen MR) is 116 cm³/mol. The van der Waals surface area contributed by atoms with Crippen LogP contribution in [-0.2, 0) is 6.18 Å². The molecule has 3 N–H and O–H groups in total. The summed E-state index contributed by atoms with van der Waals surface area (Å²) in [6, 6.07) is 3.37. The number of hydrogen-bond donors (Lipinski definition) is 3. The zero-order valence-electron chi connectivity index (χ0n) is 17.7. The van der Waals surface area contributed by atoms with Gasteiger partial charge in [-0.3, -0.25) is 9.79 Å². The van der Waals surface area contributed by atoms with E-state index in [0.29, 0.717) is 13.1 Å². The van der Waals surface area contributed by atoms with E-state index in [1.807, 2.05) is 0 Å². The fraction of sp³-hybridized carbons (Fsp3) is 0.545. The van der Waals surface area contributed by atoms with Crippen LogP contribution in [0.3, 0.4) is 0 Å². The van der Waals surface area contributed by atoms with Gasteiger partial charge in [0.1, 0.15) is 5.75 Å². The van der Waals surface area contributed by atoms with Gasteiger partial charge in [0, 0.05) is 24.7 Å². The number of aliphatic imine (C=N–C) groups is 1. The highest BCUT2D eigenvalue weighted by Gasteiger charge is 2.33. The fourth-order valence-corrected chi connectivity index (χ4v) is 3.51.